The normalized spacial score (nSPS) is 14.2. The van der Waals surface area contributed by atoms with Crippen LogP contribution in [0.25, 0.3) is 22.9 Å². The van der Waals surface area contributed by atoms with Crippen LogP contribution in [0.5, 0.6) is 0 Å². The van der Waals surface area contributed by atoms with Crippen molar-refractivity contribution in [3.63, 3.8) is 0 Å². The Bertz CT molecular complexity index is 717. The minimum Gasteiger partial charge on any atom is -0.315 e. The maximum atomic E-state index is 3.39. The first-order valence-electron chi connectivity index (χ1n) is 5.38. The second kappa shape index (κ2) is 2.66. The van der Waals surface area contributed by atoms with Crippen molar-refractivity contribution in [1.82, 2.24) is 9.97 Å². The number of aromatic amines is 2. The average Bonchev–Trinajstić information content (AvgIpc) is 2.83. The molecular weight excluding hydrogens is 200 g/mol. The molecule has 0 radical (unpaired) electrons. The third-order valence-electron chi connectivity index (χ3n) is 3.03. The Morgan fingerprint density at radius 3 is 3.06 bits per heavy atom. The highest BCUT2D eigenvalue weighted by Gasteiger charge is 2.21. The van der Waals surface area contributed by atoms with E-state index in [1.54, 1.807) is 0 Å². The summed E-state index contributed by atoms with van der Waals surface area (Å²) < 4.78 is 2.19. The third kappa shape index (κ3) is 0.863. The van der Waals surface area contributed by atoms with Crippen LogP contribution in [0.2, 0.25) is 0 Å². The van der Waals surface area contributed by atoms with Gasteiger partial charge in [0.15, 0.2) is 0 Å². The predicted molar refractivity (Wildman–Crippen MR) is 63.3 cm³/mol. The van der Waals surface area contributed by atoms with E-state index in [0.29, 0.717) is 0 Å². The fraction of sp³-hybridized carbons (Fsp3) is 0.0833. The van der Waals surface area contributed by atoms with Crippen LogP contribution in [0.1, 0.15) is 5.69 Å². The van der Waals surface area contributed by atoms with E-state index >= 15 is 0 Å². The number of fused-ring (bicyclic) bond motifs is 5. The SMILES string of the molecule is C1=Cc2[nH]c3[nH]c4ccccc4[n+]3c2NC1. The fourth-order valence-corrected chi connectivity index (χ4v) is 2.33. The van der Waals surface area contributed by atoms with Gasteiger partial charge in [0.05, 0.1) is 6.54 Å². The lowest BCUT2D eigenvalue weighted by molar-refractivity contribution is -0.463. The van der Waals surface area contributed by atoms with Gasteiger partial charge in [0.25, 0.3) is 0 Å². The first kappa shape index (κ1) is 7.98. The Balaban J connectivity index is 2.23. The van der Waals surface area contributed by atoms with Crippen molar-refractivity contribution in [2.75, 3.05) is 11.9 Å². The van der Waals surface area contributed by atoms with Crippen LogP contribution in [-0.2, 0) is 0 Å². The molecule has 3 aromatic rings. The molecular formula is C12H11N4+. The zero-order valence-corrected chi connectivity index (χ0v) is 8.62. The lowest BCUT2D eigenvalue weighted by Crippen LogP contribution is -2.24. The highest BCUT2D eigenvalue weighted by Crippen LogP contribution is 2.19. The molecule has 4 heteroatoms. The maximum absolute atomic E-state index is 3.39. The molecule has 16 heavy (non-hydrogen) atoms. The van der Waals surface area contributed by atoms with E-state index in [-0.39, 0.29) is 0 Å². The number of imidazole rings is 2. The number of hydrogen-bond donors (Lipinski definition) is 3. The Hall–Kier alpha value is -2.23. The molecule has 0 fully saturated rings. The van der Waals surface area contributed by atoms with Crippen LogP contribution in [0.4, 0.5) is 5.82 Å². The summed E-state index contributed by atoms with van der Waals surface area (Å²) in [5.41, 5.74) is 3.47. The van der Waals surface area contributed by atoms with Gasteiger partial charge in [-0.05, 0) is 18.2 Å². The van der Waals surface area contributed by atoms with Crippen LogP contribution >= 0.6 is 0 Å². The monoisotopic (exact) mass is 211 g/mol. The topological polar surface area (TPSA) is 47.7 Å². The van der Waals surface area contributed by atoms with Crippen molar-refractivity contribution >= 4 is 28.7 Å². The quantitative estimate of drug-likeness (QED) is 0.487. The molecule has 4 rings (SSSR count). The van der Waals surface area contributed by atoms with Gasteiger partial charge >= 0.3 is 5.78 Å². The van der Waals surface area contributed by atoms with Gasteiger partial charge in [0.1, 0.15) is 16.7 Å². The van der Waals surface area contributed by atoms with Gasteiger partial charge in [-0.15, -0.1) is 0 Å². The van der Waals surface area contributed by atoms with E-state index in [9.17, 15) is 0 Å². The first-order chi connectivity index (χ1) is 7.93. The van der Waals surface area contributed by atoms with Crippen LogP contribution < -0.4 is 9.72 Å². The fourth-order valence-electron chi connectivity index (χ4n) is 2.33. The highest BCUT2D eigenvalue weighted by atomic mass is 15.2. The lowest BCUT2D eigenvalue weighted by Gasteiger charge is -2.02. The maximum Gasteiger partial charge on any atom is 0.324 e. The van der Waals surface area contributed by atoms with Crippen molar-refractivity contribution < 1.29 is 4.40 Å². The van der Waals surface area contributed by atoms with Gasteiger partial charge in [0.2, 0.25) is 5.82 Å². The molecule has 78 valence electrons. The van der Waals surface area contributed by atoms with Gasteiger partial charge in [-0.25, -0.2) is 0 Å². The van der Waals surface area contributed by atoms with Gasteiger partial charge in [0, 0.05) is 0 Å². The molecule has 3 N–H and O–H groups in total. The zero-order chi connectivity index (χ0) is 10.5. The van der Waals surface area contributed by atoms with Crippen molar-refractivity contribution in [1.29, 1.82) is 0 Å². The molecule has 1 aromatic carbocycles. The summed E-state index contributed by atoms with van der Waals surface area (Å²) in [5, 5.41) is 3.39. The van der Waals surface area contributed by atoms with Crippen LogP contribution in [0.15, 0.2) is 30.3 Å². The highest BCUT2D eigenvalue weighted by molar-refractivity contribution is 5.76. The Kier molecular flexibility index (Phi) is 1.33. The second-order valence-electron chi connectivity index (χ2n) is 4.00. The number of rotatable bonds is 0. The number of aromatic nitrogens is 3. The standard InChI is InChI=1S/C12H10N4/c1-2-6-10-8(4-1)14-12-15-9-5-3-7-13-11(9)16(10)12/h1-6,13H,7H2,(H,14,15)/p+1. The predicted octanol–water partition coefficient (Wildman–Crippen LogP) is 1.67. The first-order valence-corrected chi connectivity index (χ1v) is 5.38. The third-order valence-corrected chi connectivity index (χ3v) is 3.03. The number of H-pyrrole nitrogens is 2. The number of anilines is 1. The largest absolute Gasteiger partial charge is 0.324 e. The number of nitrogens with one attached hydrogen (secondary N) is 3. The summed E-state index contributed by atoms with van der Waals surface area (Å²) in [7, 11) is 0. The molecule has 0 aliphatic carbocycles. The molecule has 0 atom stereocenters. The second-order valence-corrected chi connectivity index (χ2v) is 4.00. The molecule has 0 unspecified atom stereocenters. The Morgan fingerprint density at radius 1 is 1.12 bits per heavy atom. The van der Waals surface area contributed by atoms with Gasteiger partial charge in [-0.2, -0.15) is 4.40 Å². The van der Waals surface area contributed by atoms with Crippen molar-refractivity contribution in [3.05, 3.63) is 36.0 Å². The van der Waals surface area contributed by atoms with Crippen LogP contribution in [0, 0.1) is 0 Å². The molecule has 0 bridgehead atoms. The molecule has 0 spiro atoms. The van der Waals surface area contributed by atoms with Crippen molar-refractivity contribution in [2.24, 2.45) is 0 Å². The average molecular weight is 211 g/mol. The number of benzene rings is 1. The number of nitrogens with zero attached hydrogens (tertiary/aromatic N) is 1. The van der Waals surface area contributed by atoms with E-state index in [1.165, 1.54) is 5.52 Å². The molecule has 4 nitrogen and oxygen atoms in total. The smallest absolute Gasteiger partial charge is 0.315 e. The van der Waals surface area contributed by atoms with E-state index < -0.39 is 0 Å². The Morgan fingerprint density at radius 2 is 2.06 bits per heavy atom. The van der Waals surface area contributed by atoms with Gasteiger partial charge < -0.3 is 5.32 Å². The lowest BCUT2D eigenvalue weighted by atomic mass is 10.3. The minimum atomic E-state index is 0.881. The van der Waals surface area contributed by atoms with Crippen LogP contribution in [-0.4, -0.2) is 16.5 Å². The summed E-state index contributed by atoms with van der Waals surface area (Å²) >= 11 is 0. The van der Waals surface area contributed by atoms with Gasteiger partial charge in [-0.1, -0.05) is 18.2 Å². The molecule has 1 aliphatic heterocycles. The molecule has 0 saturated carbocycles. The number of hydrogen-bond acceptors (Lipinski definition) is 1. The molecule has 0 saturated heterocycles. The molecule has 2 aromatic heterocycles. The summed E-state index contributed by atoms with van der Waals surface area (Å²) in [4.78, 5) is 6.73. The van der Waals surface area contributed by atoms with Gasteiger partial charge in [-0.3, -0.25) is 9.97 Å². The van der Waals surface area contributed by atoms with Crippen molar-refractivity contribution in [3.8, 4) is 0 Å². The summed E-state index contributed by atoms with van der Waals surface area (Å²) in [6.07, 6.45) is 4.22. The van der Waals surface area contributed by atoms with Crippen LogP contribution in [0.3, 0.4) is 0 Å². The minimum absolute atomic E-state index is 0.881. The zero-order valence-electron chi connectivity index (χ0n) is 8.62. The Labute approximate surface area is 91.6 Å². The van der Waals surface area contributed by atoms with Crippen molar-refractivity contribution in [2.45, 2.75) is 0 Å². The summed E-state index contributed by atoms with van der Waals surface area (Å²) in [6, 6.07) is 8.30. The van der Waals surface area contributed by atoms with E-state index in [0.717, 1.165) is 29.4 Å². The number of para-hydroxylation sites is 2. The van der Waals surface area contributed by atoms with E-state index in [1.807, 2.05) is 6.07 Å². The molecule has 0 amide bonds. The summed E-state index contributed by atoms with van der Waals surface area (Å²) in [6.45, 7) is 0.881. The molecule has 1 aliphatic rings. The van der Waals surface area contributed by atoms with E-state index in [2.05, 4.69) is 50.0 Å². The van der Waals surface area contributed by atoms with E-state index in [4.69, 9.17) is 0 Å². The molecule has 3 heterocycles. The summed E-state index contributed by atoms with van der Waals surface area (Å²) in [5.74, 6) is 2.15.